The molecule has 1 N–H and O–H groups in total. The number of carbonyl (C=O) groups excluding carboxylic acids is 1. The molecule has 3 heteroatoms. The van der Waals surface area contributed by atoms with Crippen molar-refractivity contribution in [2.45, 2.75) is 53.9 Å². The SMILES string of the molecule is CCCc1c(CC(C)C)csc1/C=C/C(=O)c1cc(C)c(O)c(C)c1. The van der Waals surface area contributed by atoms with Gasteiger partial charge in [-0.2, -0.15) is 0 Å². The van der Waals surface area contributed by atoms with Gasteiger partial charge in [-0.15, -0.1) is 11.3 Å². The fourth-order valence-corrected chi connectivity index (χ4v) is 4.10. The zero-order chi connectivity index (χ0) is 18.6. The minimum absolute atomic E-state index is 0.0209. The highest BCUT2D eigenvalue weighted by Gasteiger charge is 2.12. The molecule has 0 radical (unpaired) electrons. The summed E-state index contributed by atoms with van der Waals surface area (Å²) in [6, 6.07) is 3.50. The van der Waals surface area contributed by atoms with Crippen LogP contribution in [-0.2, 0) is 12.8 Å². The maximum absolute atomic E-state index is 12.5. The maximum Gasteiger partial charge on any atom is 0.185 e. The van der Waals surface area contributed by atoms with Gasteiger partial charge in [0.1, 0.15) is 5.75 Å². The lowest BCUT2D eigenvalue weighted by Gasteiger charge is -2.07. The van der Waals surface area contributed by atoms with Gasteiger partial charge in [0.05, 0.1) is 0 Å². The first-order valence-electron chi connectivity index (χ1n) is 8.95. The molecule has 134 valence electrons. The van der Waals surface area contributed by atoms with Gasteiger partial charge in [0.2, 0.25) is 0 Å². The van der Waals surface area contributed by atoms with Crippen LogP contribution in [0, 0.1) is 19.8 Å². The standard InChI is InChI=1S/C22H28O2S/c1-6-7-19-18(10-14(2)3)13-25-21(19)9-8-20(23)17-11-15(4)22(24)16(5)12-17/h8-9,11-14,24H,6-7,10H2,1-5H3/b9-8+. The molecule has 25 heavy (non-hydrogen) atoms. The Labute approximate surface area is 155 Å². The Hall–Kier alpha value is -1.87. The van der Waals surface area contributed by atoms with E-state index in [-0.39, 0.29) is 11.5 Å². The summed E-state index contributed by atoms with van der Waals surface area (Å²) in [5, 5.41) is 12.1. The van der Waals surface area contributed by atoms with E-state index < -0.39 is 0 Å². The monoisotopic (exact) mass is 356 g/mol. The van der Waals surface area contributed by atoms with Crippen molar-refractivity contribution in [1.82, 2.24) is 0 Å². The van der Waals surface area contributed by atoms with Crippen molar-refractivity contribution >= 4 is 23.2 Å². The van der Waals surface area contributed by atoms with E-state index in [0.29, 0.717) is 11.5 Å². The highest BCUT2D eigenvalue weighted by Crippen LogP contribution is 2.28. The van der Waals surface area contributed by atoms with Crippen molar-refractivity contribution < 1.29 is 9.90 Å². The van der Waals surface area contributed by atoms with Gasteiger partial charge in [-0.1, -0.05) is 27.2 Å². The summed E-state index contributed by atoms with van der Waals surface area (Å²) in [6.45, 7) is 10.3. The third-order valence-corrected chi connectivity index (χ3v) is 5.34. The van der Waals surface area contributed by atoms with Gasteiger partial charge >= 0.3 is 0 Å². The van der Waals surface area contributed by atoms with E-state index in [0.717, 1.165) is 30.4 Å². The van der Waals surface area contributed by atoms with Crippen molar-refractivity contribution in [1.29, 1.82) is 0 Å². The first-order chi connectivity index (χ1) is 11.8. The number of carbonyl (C=O) groups is 1. The summed E-state index contributed by atoms with van der Waals surface area (Å²) in [4.78, 5) is 13.7. The molecular formula is C22H28O2S. The predicted octanol–water partition coefficient (Wildman–Crippen LogP) is 6.12. The van der Waals surface area contributed by atoms with Crippen LogP contribution in [0.5, 0.6) is 5.75 Å². The molecule has 0 spiro atoms. The molecule has 0 atom stereocenters. The lowest BCUT2D eigenvalue weighted by atomic mass is 9.97. The summed E-state index contributed by atoms with van der Waals surface area (Å²) >= 11 is 1.73. The molecule has 0 unspecified atom stereocenters. The average Bonchev–Trinajstić information content (AvgIpc) is 2.91. The minimum Gasteiger partial charge on any atom is -0.507 e. The van der Waals surface area contributed by atoms with Crippen LogP contribution in [0.25, 0.3) is 6.08 Å². The minimum atomic E-state index is -0.0209. The van der Waals surface area contributed by atoms with Crippen LogP contribution in [0.15, 0.2) is 23.6 Å². The zero-order valence-electron chi connectivity index (χ0n) is 15.8. The first kappa shape index (κ1) is 19.5. The highest BCUT2D eigenvalue weighted by atomic mass is 32.1. The van der Waals surface area contributed by atoms with Crippen LogP contribution in [0.1, 0.15) is 64.7 Å². The lowest BCUT2D eigenvalue weighted by molar-refractivity contribution is 0.104. The van der Waals surface area contributed by atoms with Gasteiger partial charge in [-0.3, -0.25) is 4.79 Å². The van der Waals surface area contributed by atoms with Crippen LogP contribution < -0.4 is 0 Å². The van der Waals surface area contributed by atoms with Gasteiger partial charge < -0.3 is 5.11 Å². The quantitative estimate of drug-likeness (QED) is 0.479. The third kappa shape index (κ3) is 4.82. The Balaban J connectivity index is 2.26. The Morgan fingerprint density at radius 1 is 1.24 bits per heavy atom. The van der Waals surface area contributed by atoms with E-state index in [2.05, 4.69) is 26.2 Å². The fraction of sp³-hybridized carbons (Fsp3) is 0.409. The van der Waals surface area contributed by atoms with Gasteiger partial charge in [0.15, 0.2) is 5.78 Å². The van der Waals surface area contributed by atoms with Crippen molar-refractivity contribution in [3.05, 3.63) is 56.3 Å². The highest BCUT2D eigenvalue weighted by molar-refractivity contribution is 7.11. The number of hydrogen-bond acceptors (Lipinski definition) is 3. The molecule has 0 amide bonds. The van der Waals surface area contributed by atoms with E-state index in [9.17, 15) is 9.90 Å². The smallest absolute Gasteiger partial charge is 0.185 e. The van der Waals surface area contributed by atoms with Crippen LogP contribution in [0.2, 0.25) is 0 Å². The fourth-order valence-electron chi connectivity index (χ4n) is 3.07. The van der Waals surface area contributed by atoms with Crippen molar-refractivity contribution in [3.63, 3.8) is 0 Å². The topological polar surface area (TPSA) is 37.3 Å². The molecule has 0 aliphatic rings. The lowest BCUT2D eigenvalue weighted by Crippen LogP contribution is -1.98. The van der Waals surface area contributed by atoms with Gasteiger partial charge in [-0.05, 0) is 84.5 Å². The number of benzene rings is 1. The molecule has 0 fully saturated rings. The number of phenolic OH excluding ortho intramolecular Hbond substituents is 1. The average molecular weight is 357 g/mol. The number of thiophene rings is 1. The van der Waals surface area contributed by atoms with Crippen LogP contribution in [0.4, 0.5) is 0 Å². The van der Waals surface area contributed by atoms with E-state index in [4.69, 9.17) is 0 Å². The molecule has 2 rings (SSSR count). The predicted molar refractivity (Wildman–Crippen MR) is 108 cm³/mol. The molecule has 0 aliphatic heterocycles. The first-order valence-corrected chi connectivity index (χ1v) is 9.83. The Morgan fingerprint density at radius 3 is 2.44 bits per heavy atom. The summed E-state index contributed by atoms with van der Waals surface area (Å²) < 4.78 is 0. The van der Waals surface area contributed by atoms with Crippen molar-refractivity contribution in [3.8, 4) is 5.75 Å². The van der Waals surface area contributed by atoms with Gasteiger partial charge in [0, 0.05) is 10.4 Å². The maximum atomic E-state index is 12.5. The molecule has 1 aromatic carbocycles. The Kier molecular flexibility index (Phi) is 6.60. The van der Waals surface area contributed by atoms with Crippen molar-refractivity contribution in [2.24, 2.45) is 5.92 Å². The number of ketones is 1. The number of phenols is 1. The number of allylic oxidation sites excluding steroid dienone is 1. The van der Waals surface area contributed by atoms with Crippen molar-refractivity contribution in [2.75, 3.05) is 0 Å². The van der Waals surface area contributed by atoms with Gasteiger partial charge in [-0.25, -0.2) is 0 Å². The molecular weight excluding hydrogens is 328 g/mol. The second-order valence-electron chi connectivity index (χ2n) is 7.11. The third-order valence-electron chi connectivity index (χ3n) is 4.30. The van der Waals surface area contributed by atoms with E-state index in [1.807, 2.05) is 19.9 Å². The van der Waals surface area contributed by atoms with E-state index in [1.54, 1.807) is 29.5 Å². The van der Waals surface area contributed by atoms with Crippen LogP contribution in [0.3, 0.4) is 0 Å². The van der Waals surface area contributed by atoms with Crippen LogP contribution in [-0.4, -0.2) is 10.9 Å². The number of rotatable bonds is 7. The van der Waals surface area contributed by atoms with E-state index >= 15 is 0 Å². The molecule has 0 bridgehead atoms. The molecule has 1 heterocycles. The Morgan fingerprint density at radius 2 is 1.88 bits per heavy atom. The summed E-state index contributed by atoms with van der Waals surface area (Å²) in [7, 11) is 0. The second-order valence-corrected chi connectivity index (χ2v) is 8.02. The molecule has 0 saturated carbocycles. The molecule has 1 aromatic heterocycles. The summed E-state index contributed by atoms with van der Waals surface area (Å²) in [6.07, 6.45) is 6.86. The number of aryl methyl sites for hydroxylation is 2. The summed E-state index contributed by atoms with van der Waals surface area (Å²) in [5.41, 5.74) is 4.91. The number of aromatic hydroxyl groups is 1. The summed E-state index contributed by atoms with van der Waals surface area (Å²) in [5.74, 6) is 0.876. The van der Waals surface area contributed by atoms with Gasteiger partial charge in [0.25, 0.3) is 0 Å². The normalized spacial score (nSPS) is 11.6. The molecule has 0 aliphatic carbocycles. The number of hydrogen-bond donors (Lipinski definition) is 1. The molecule has 2 nitrogen and oxygen atoms in total. The second kappa shape index (κ2) is 8.48. The van der Waals surface area contributed by atoms with Crippen LogP contribution >= 0.6 is 11.3 Å². The largest absolute Gasteiger partial charge is 0.507 e. The molecule has 0 saturated heterocycles. The molecule has 2 aromatic rings. The Bertz CT molecular complexity index is 758. The zero-order valence-corrected chi connectivity index (χ0v) is 16.7. The van der Waals surface area contributed by atoms with E-state index in [1.165, 1.54) is 16.0 Å².